The summed E-state index contributed by atoms with van der Waals surface area (Å²) in [5.74, 6) is -0.610. The third-order valence-electron chi connectivity index (χ3n) is 3.22. The maximum absolute atomic E-state index is 13.3. The average Bonchev–Trinajstić information content (AvgIpc) is 2.80. The Morgan fingerprint density at radius 2 is 2.09 bits per heavy atom. The molecule has 0 radical (unpaired) electrons. The number of hydrogen-bond acceptors (Lipinski definition) is 3. The zero-order valence-corrected chi connectivity index (χ0v) is 13.0. The molecule has 1 heterocycles. The van der Waals surface area contributed by atoms with Crippen molar-refractivity contribution in [1.29, 1.82) is 0 Å². The lowest BCUT2D eigenvalue weighted by Gasteiger charge is -2.03. The van der Waals surface area contributed by atoms with Gasteiger partial charge in [0, 0.05) is 11.1 Å². The van der Waals surface area contributed by atoms with Gasteiger partial charge >= 0.3 is 0 Å². The van der Waals surface area contributed by atoms with E-state index in [1.807, 2.05) is 31.2 Å². The average molecular weight is 328 g/mol. The highest BCUT2D eigenvalue weighted by Crippen LogP contribution is 2.35. The molecule has 0 aliphatic carbocycles. The molecule has 23 heavy (non-hydrogen) atoms. The first kappa shape index (κ1) is 15.1. The highest BCUT2D eigenvalue weighted by Gasteiger charge is 2.11. The lowest BCUT2D eigenvalue weighted by Crippen LogP contribution is -2.04. The lowest BCUT2D eigenvalue weighted by atomic mass is 10.2. The number of hydrogen-bond donors (Lipinski definition) is 3. The Morgan fingerprint density at radius 1 is 1.26 bits per heavy atom. The summed E-state index contributed by atoms with van der Waals surface area (Å²) < 4.78 is 13.3. The lowest BCUT2D eigenvalue weighted by molar-refractivity contribution is 0.459. The molecular weight excluding hydrogens is 315 g/mol. The zero-order chi connectivity index (χ0) is 16.4. The van der Waals surface area contributed by atoms with Gasteiger partial charge in [-0.1, -0.05) is 12.1 Å². The summed E-state index contributed by atoms with van der Waals surface area (Å²) in [5, 5.41) is 21.2. The number of rotatable bonds is 2. The van der Waals surface area contributed by atoms with Crippen LogP contribution in [0.2, 0.25) is 0 Å². The van der Waals surface area contributed by atoms with Gasteiger partial charge in [0.25, 0.3) is 0 Å². The number of anilines is 1. The summed E-state index contributed by atoms with van der Waals surface area (Å²) in [6.45, 7) is 1.97. The molecule has 0 saturated heterocycles. The predicted octanol–water partition coefficient (Wildman–Crippen LogP) is 4.80. The molecule has 0 amide bonds. The number of nitrogens with zero attached hydrogens (tertiary/aromatic N) is 2. The normalized spacial score (nSPS) is 11.2. The van der Waals surface area contributed by atoms with Crippen molar-refractivity contribution in [3.8, 4) is 5.88 Å². The van der Waals surface area contributed by atoms with E-state index in [0.717, 1.165) is 11.3 Å². The van der Waals surface area contributed by atoms with Crippen LogP contribution in [-0.4, -0.2) is 15.2 Å². The molecule has 0 unspecified atom stereocenters. The van der Waals surface area contributed by atoms with Crippen LogP contribution in [0, 0.1) is 12.7 Å². The standard InChI is InChI=1S/C16H13FN4OS/c1-9-3-2-4-11(7-9)18-16(23)21-20-14-12-8-10(17)5-6-13(12)19-15(14)22/h2-8,19,22H,1H3,(H,18,23). The van der Waals surface area contributed by atoms with E-state index in [9.17, 15) is 9.50 Å². The highest BCUT2D eigenvalue weighted by atomic mass is 32.1. The van der Waals surface area contributed by atoms with Crippen LogP contribution in [-0.2, 0) is 0 Å². The minimum atomic E-state index is -0.423. The maximum Gasteiger partial charge on any atom is 0.218 e. The molecule has 7 heteroatoms. The van der Waals surface area contributed by atoms with Gasteiger partial charge in [0.05, 0.1) is 5.52 Å². The first-order valence-corrected chi connectivity index (χ1v) is 7.23. The zero-order valence-electron chi connectivity index (χ0n) is 12.2. The minimum absolute atomic E-state index is 0.140. The van der Waals surface area contributed by atoms with Crippen LogP contribution in [0.25, 0.3) is 10.9 Å². The van der Waals surface area contributed by atoms with Crippen LogP contribution >= 0.6 is 12.2 Å². The molecule has 2 aromatic carbocycles. The molecule has 3 N–H and O–H groups in total. The van der Waals surface area contributed by atoms with E-state index in [-0.39, 0.29) is 16.7 Å². The van der Waals surface area contributed by atoms with Crippen molar-refractivity contribution in [3.63, 3.8) is 0 Å². The van der Waals surface area contributed by atoms with Crippen LogP contribution in [0.15, 0.2) is 52.7 Å². The number of benzene rings is 2. The van der Waals surface area contributed by atoms with Crippen molar-refractivity contribution < 1.29 is 9.50 Å². The Balaban J connectivity index is 1.83. The quantitative estimate of drug-likeness (QED) is 0.467. The van der Waals surface area contributed by atoms with E-state index in [2.05, 4.69) is 20.5 Å². The topological polar surface area (TPSA) is 72.8 Å². The monoisotopic (exact) mass is 328 g/mol. The van der Waals surface area contributed by atoms with Crippen molar-refractivity contribution in [3.05, 3.63) is 53.8 Å². The number of aromatic nitrogens is 1. The molecule has 1 aromatic heterocycles. The van der Waals surface area contributed by atoms with Crippen LogP contribution in [0.1, 0.15) is 5.56 Å². The fourth-order valence-corrected chi connectivity index (χ4v) is 2.36. The van der Waals surface area contributed by atoms with E-state index < -0.39 is 5.82 Å². The summed E-state index contributed by atoms with van der Waals surface area (Å²) >= 11 is 5.11. The van der Waals surface area contributed by atoms with E-state index in [0.29, 0.717) is 10.9 Å². The number of fused-ring (bicyclic) bond motifs is 1. The number of aromatic amines is 1. The summed E-state index contributed by atoms with van der Waals surface area (Å²) in [4.78, 5) is 2.71. The second kappa shape index (κ2) is 6.13. The molecule has 0 bridgehead atoms. The van der Waals surface area contributed by atoms with Gasteiger partial charge < -0.3 is 15.4 Å². The molecule has 116 valence electrons. The van der Waals surface area contributed by atoms with Gasteiger partial charge in [-0.3, -0.25) is 0 Å². The molecule has 0 atom stereocenters. The fourth-order valence-electron chi connectivity index (χ4n) is 2.20. The van der Waals surface area contributed by atoms with Crippen LogP contribution in [0.5, 0.6) is 5.88 Å². The Morgan fingerprint density at radius 3 is 2.87 bits per heavy atom. The van der Waals surface area contributed by atoms with Crippen molar-refractivity contribution >= 4 is 39.6 Å². The number of aryl methyl sites for hydroxylation is 1. The van der Waals surface area contributed by atoms with E-state index in [4.69, 9.17) is 12.2 Å². The molecule has 3 rings (SSSR count). The molecule has 0 aliphatic rings. The van der Waals surface area contributed by atoms with Gasteiger partial charge in [0.15, 0.2) is 5.69 Å². The Kier molecular flexibility index (Phi) is 4.03. The number of aromatic hydroxyl groups is 1. The van der Waals surface area contributed by atoms with Crippen LogP contribution < -0.4 is 5.32 Å². The first-order valence-electron chi connectivity index (χ1n) is 6.82. The van der Waals surface area contributed by atoms with E-state index in [1.165, 1.54) is 18.2 Å². The highest BCUT2D eigenvalue weighted by molar-refractivity contribution is 7.80. The molecule has 3 aromatic rings. The Labute approximate surface area is 136 Å². The van der Waals surface area contributed by atoms with E-state index in [1.54, 1.807) is 0 Å². The molecule has 0 fully saturated rings. The second-order valence-electron chi connectivity index (χ2n) is 5.01. The van der Waals surface area contributed by atoms with Gasteiger partial charge in [0.2, 0.25) is 11.0 Å². The molecule has 0 spiro atoms. The van der Waals surface area contributed by atoms with Crippen molar-refractivity contribution in [1.82, 2.24) is 4.98 Å². The first-order chi connectivity index (χ1) is 11.0. The van der Waals surface area contributed by atoms with Gasteiger partial charge in [-0.05, 0) is 55.0 Å². The third-order valence-corrected chi connectivity index (χ3v) is 3.41. The summed E-state index contributed by atoms with van der Waals surface area (Å²) in [5.41, 5.74) is 2.59. The minimum Gasteiger partial charge on any atom is -0.493 e. The molecule has 0 saturated carbocycles. The molecule has 0 aliphatic heterocycles. The van der Waals surface area contributed by atoms with Crippen molar-refractivity contribution in [2.75, 3.05) is 5.32 Å². The molecular formula is C16H13FN4OS. The SMILES string of the molecule is Cc1cccc(NC(=S)N=Nc2c(O)[nH]c3ccc(F)cc23)c1. The fraction of sp³-hybridized carbons (Fsp3) is 0.0625. The van der Waals surface area contributed by atoms with Crippen LogP contribution in [0.3, 0.4) is 0 Å². The van der Waals surface area contributed by atoms with Crippen molar-refractivity contribution in [2.24, 2.45) is 10.2 Å². The Bertz CT molecular complexity index is 920. The number of H-pyrrole nitrogens is 1. The number of nitrogens with one attached hydrogen (secondary N) is 2. The number of azo groups is 1. The largest absolute Gasteiger partial charge is 0.493 e. The van der Waals surface area contributed by atoms with Crippen molar-refractivity contribution in [2.45, 2.75) is 6.92 Å². The van der Waals surface area contributed by atoms with Crippen LogP contribution in [0.4, 0.5) is 15.8 Å². The smallest absolute Gasteiger partial charge is 0.218 e. The predicted molar refractivity (Wildman–Crippen MR) is 91.8 cm³/mol. The Hall–Kier alpha value is -2.80. The number of halogens is 1. The number of thiocarbonyl (C=S) groups is 1. The third kappa shape index (κ3) is 3.35. The molecule has 5 nitrogen and oxygen atoms in total. The van der Waals surface area contributed by atoms with Gasteiger partial charge in [0.1, 0.15) is 5.82 Å². The summed E-state index contributed by atoms with van der Waals surface area (Å²) in [6.07, 6.45) is 0. The summed E-state index contributed by atoms with van der Waals surface area (Å²) in [6, 6.07) is 11.7. The van der Waals surface area contributed by atoms with Gasteiger partial charge in [-0.15, -0.1) is 10.2 Å². The summed E-state index contributed by atoms with van der Waals surface area (Å²) in [7, 11) is 0. The van der Waals surface area contributed by atoms with Gasteiger partial charge in [-0.2, -0.15) is 0 Å². The van der Waals surface area contributed by atoms with E-state index >= 15 is 0 Å². The van der Waals surface area contributed by atoms with Gasteiger partial charge in [-0.25, -0.2) is 4.39 Å². The maximum atomic E-state index is 13.3. The second-order valence-corrected chi connectivity index (χ2v) is 5.40.